The van der Waals surface area contributed by atoms with Crippen molar-refractivity contribution in [2.75, 3.05) is 7.11 Å². The number of ether oxygens (including phenoxy) is 1. The molecule has 0 saturated heterocycles. The lowest BCUT2D eigenvalue weighted by molar-refractivity contribution is 0.0601. The summed E-state index contributed by atoms with van der Waals surface area (Å²) in [6, 6.07) is 3.85. The number of nitrogens with two attached hydrogens (primary N) is 1. The fourth-order valence-electron chi connectivity index (χ4n) is 1.06. The number of hydrogen-bond donors (Lipinski definition) is 2. The van der Waals surface area contributed by atoms with Gasteiger partial charge in [-0.25, -0.2) is 15.0 Å². The van der Waals surface area contributed by atoms with Crippen LogP contribution in [0.5, 0.6) is 0 Å². The van der Waals surface area contributed by atoms with Gasteiger partial charge in [0.25, 0.3) is 0 Å². The summed E-state index contributed by atoms with van der Waals surface area (Å²) in [5, 5.41) is 3.79. The number of esters is 1. The van der Waals surface area contributed by atoms with Crippen LogP contribution in [0, 0.1) is 0 Å². The summed E-state index contributed by atoms with van der Waals surface area (Å²) in [5.41, 5.74) is 7.72. The van der Waals surface area contributed by atoms with E-state index in [1.807, 2.05) is 5.43 Å². The van der Waals surface area contributed by atoms with Crippen molar-refractivity contribution in [3.63, 3.8) is 0 Å². The molecule has 0 radical (unpaired) electrons. The Labute approximate surface area is 102 Å². The fraction of sp³-hybridized carbons (Fsp3) is 0.100. The number of urea groups is 1. The predicted octanol–water partition coefficient (Wildman–Crippen LogP) is 1.13. The standard InChI is InChI=1S/C10H10ClN3O3/c1-17-9(15)7-3-2-6(4-8(7)11)5-13-14-10(12)16/h2-5H,1H3,(H3,12,14,16). The maximum Gasteiger partial charge on any atom is 0.339 e. The van der Waals surface area contributed by atoms with Gasteiger partial charge in [-0.05, 0) is 17.7 Å². The number of hydrazone groups is 1. The van der Waals surface area contributed by atoms with E-state index >= 15 is 0 Å². The Kier molecular flexibility index (Phi) is 4.47. The molecule has 0 atom stereocenters. The first-order valence-electron chi connectivity index (χ1n) is 4.51. The molecule has 1 aromatic rings. The van der Waals surface area contributed by atoms with Crippen molar-refractivity contribution in [3.8, 4) is 0 Å². The van der Waals surface area contributed by atoms with Crippen LogP contribution in [0.4, 0.5) is 4.79 Å². The van der Waals surface area contributed by atoms with E-state index in [-0.39, 0.29) is 10.6 Å². The van der Waals surface area contributed by atoms with Gasteiger partial charge in [0.15, 0.2) is 0 Å². The summed E-state index contributed by atoms with van der Waals surface area (Å²) < 4.78 is 4.54. The molecule has 6 nitrogen and oxygen atoms in total. The maximum absolute atomic E-state index is 11.2. The van der Waals surface area contributed by atoms with Crippen molar-refractivity contribution in [2.45, 2.75) is 0 Å². The number of methoxy groups -OCH3 is 1. The Bertz CT molecular complexity index is 474. The Morgan fingerprint density at radius 1 is 1.53 bits per heavy atom. The highest BCUT2D eigenvalue weighted by Gasteiger charge is 2.09. The van der Waals surface area contributed by atoms with Crippen LogP contribution < -0.4 is 11.2 Å². The highest BCUT2D eigenvalue weighted by Crippen LogP contribution is 2.17. The van der Waals surface area contributed by atoms with Gasteiger partial charge in [0.05, 0.1) is 23.9 Å². The van der Waals surface area contributed by atoms with E-state index in [4.69, 9.17) is 17.3 Å². The lowest BCUT2D eigenvalue weighted by atomic mass is 10.1. The van der Waals surface area contributed by atoms with Crippen LogP contribution in [0.3, 0.4) is 0 Å². The molecule has 90 valence electrons. The molecule has 0 aliphatic carbocycles. The number of nitrogens with one attached hydrogen (secondary N) is 1. The SMILES string of the molecule is COC(=O)c1ccc(C=NNC(N)=O)cc1Cl. The summed E-state index contributed by atoms with van der Waals surface area (Å²) >= 11 is 5.87. The van der Waals surface area contributed by atoms with E-state index in [9.17, 15) is 9.59 Å². The molecule has 0 bridgehead atoms. The van der Waals surface area contributed by atoms with Gasteiger partial charge >= 0.3 is 12.0 Å². The van der Waals surface area contributed by atoms with E-state index in [1.165, 1.54) is 25.5 Å². The molecular formula is C10H10ClN3O3. The zero-order chi connectivity index (χ0) is 12.8. The van der Waals surface area contributed by atoms with Gasteiger partial charge in [-0.2, -0.15) is 5.10 Å². The third-order valence-corrected chi connectivity index (χ3v) is 2.10. The van der Waals surface area contributed by atoms with Gasteiger partial charge in [-0.15, -0.1) is 0 Å². The zero-order valence-electron chi connectivity index (χ0n) is 8.94. The van der Waals surface area contributed by atoms with E-state index in [0.29, 0.717) is 5.56 Å². The number of carbonyl (C=O) groups is 2. The molecule has 0 aliphatic rings. The quantitative estimate of drug-likeness (QED) is 0.482. The number of primary amides is 1. The Morgan fingerprint density at radius 3 is 2.76 bits per heavy atom. The summed E-state index contributed by atoms with van der Waals surface area (Å²) in [6.45, 7) is 0. The van der Waals surface area contributed by atoms with E-state index in [2.05, 4.69) is 9.84 Å². The van der Waals surface area contributed by atoms with Crippen molar-refractivity contribution in [1.29, 1.82) is 0 Å². The second kappa shape index (κ2) is 5.86. The first-order chi connectivity index (χ1) is 8.04. The van der Waals surface area contributed by atoms with E-state index < -0.39 is 12.0 Å². The second-order valence-corrected chi connectivity index (χ2v) is 3.37. The summed E-state index contributed by atoms with van der Waals surface area (Å²) in [4.78, 5) is 21.6. The number of amides is 2. The highest BCUT2D eigenvalue weighted by atomic mass is 35.5. The number of rotatable bonds is 3. The van der Waals surface area contributed by atoms with Crippen molar-refractivity contribution >= 4 is 29.8 Å². The summed E-state index contributed by atoms with van der Waals surface area (Å²) in [5.74, 6) is -0.520. The first kappa shape index (κ1) is 13.0. The minimum Gasteiger partial charge on any atom is -0.465 e. The fourth-order valence-corrected chi connectivity index (χ4v) is 1.32. The van der Waals surface area contributed by atoms with E-state index in [1.54, 1.807) is 6.07 Å². The van der Waals surface area contributed by atoms with Crippen molar-refractivity contribution in [3.05, 3.63) is 34.3 Å². The molecular weight excluding hydrogens is 246 g/mol. The molecule has 0 heterocycles. The summed E-state index contributed by atoms with van der Waals surface area (Å²) in [7, 11) is 1.27. The van der Waals surface area contributed by atoms with Crippen molar-refractivity contribution in [2.24, 2.45) is 10.8 Å². The average molecular weight is 256 g/mol. The van der Waals surface area contributed by atoms with Crippen molar-refractivity contribution < 1.29 is 14.3 Å². The van der Waals surface area contributed by atoms with Crippen LogP contribution >= 0.6 is 11.6 Å². The second-order valence-electron chi connectivity index (χ2n) is 2.97. The first-order valence-corrected chi connectivity index (χ1v) is 4.88. The Morgan fingerprint density at radius 2 is 2.24 bits per heavy atom. The molecule has 7 heteroatoms. The topological polar surface area (TPSA) is 93.8 Å². The third-order valence-electron chi connectivity index (χ3n) is 1.79. The molecule has 17 heavy (non-hydrogen) atoms. The monoisotopic (exact) mass is 255 g/mol. The highest BCUT2D eigenvalue weighted by molar-refractivity contribution is 6.33. The van der Waals surface area contributed by atoms with E-state index in [0.717, 1.165) is 0 Å². The Balaban J connectivity index is 2.85. The normalized spacial score (nSPS) is 10.2. The minimum atomic E-state index is -0.765. The van der Waals surface area contributed by atoms with Gasteiger partial charge in [-0.3, -0.25) is 0 Å². The number of hydrogen-bond acceptors (Lipinski definition) is 4. The van der Waals surface area contributed by atoms with Gasteiger partial charge in [0, 0.05) is 0 Å². The van der Waals surface area contributed by atoms with Crippen LogP contribution in [-0.4, -0.2) is 25.3 Å². The van der Waals surface area contributed by atoms with Crippen LogP contribution in [-0.2, 0) is 4.74 Å². The van der Waals surface area contributed by atoms with Crippen molar-refractivity contribution in [1.82, 2.24) is 5.43 Å². The number of nitrogens with zero attached hydrogens (tertiary/aromatic N) is 1. The van der Waals surface area contributed by atoms with Crippen LogP contribution in [0.1, 0.15) is 15.9 Å². The number of halogens is 1. The third kappa shape index (κ3) is 3.76. The predicted molar refractivity (Wildman–Crippen MR) is 63.1 cm³/mol. The molecule has 0 fully saturated rings. The molecule has 0 saturated carbocycles. The van der Waals surface area contributed by atoms with Crippen LogP contribution in [0.25, 0.3) is 0 Å². The lowest BCUT2D eigenvalue weighted by Gasteiger charge is -2.02. The van der Waals surface area contributed by atoms with Gasteiger partial charge < -0.3 is 10.5 Å². The molecule has 0 aromatic heterocycles. The number of carbonyl (C=O) groups excluding carboxylic acids is 2. The average Bonchev–Trinajstić information content (AvgIpc) is 2.28. The molecule has 0 aliphatic heterocycles. The largest absolute Gasteiger partial charge is 0.465 e. The van der Waals surface area contributed by atoms with Crippen LogP contribution in [0.2, 0.25) is 5.02 Å². The number of benzene rings is 1. The minimum absolute atomic E-state index is 0.236. The molecule has 2 amide bonds. The lowest BCUT2D eigenvalue weighted by Crippen LogP contribution is -2.24. The summed E-state index contributed by atoms with van der Waals surface area (Å²) in [6.07, 6.45) is 1.34. The van der Waals surface area contributed by atoms with Gasteiger partial charge in [0.1, 0.15) is 0 Å². The van der Waals surface area contributed by atoms with Gasteiger partial charge in [-0.1, -0.05) is 17.7 Å². The smallest absolute Gasteiger partial charge is 0.339 e. The van der Waals surface area contributed by atoms with Crippen LogP contribution in [0.15, 0.2) is 23.3 Å². The molecule has 1 aromatic carbocycles. The molecule has 0 unspecified atom stereocenters. The molecule has 1 rings (SSSR count). The molecule has 0 spiro atoms. The zero-order valence-corrected chi connectivity index (χ0v) is 9.69. The Hall–Kier alpha value is -2.08. The maximum atomic E-state index is 11.2. The molecule has 3 N–H and O–H groups in total. The van der Waals surface area contributed by atoms with Gasteiger partial charge in [0.2, 0.25) is 0 Å².